The van der Waals surface area contributed by atoms with E-state index in [1.54, 1.807) is 16.7 Å². The molecule has 0 aliphatic rings. The first-order chi connectivity index (χ1) is 16.1. The largest absolute Gasteiger partial charge is 0.478 e. The van der Waals surface area contributed by atoms with E-state index in [-0.39, 0.29) is 5.56 Å². The van der Waals surface area contributed by atoms with E-state index < -0.39 is 0 Å². The molecule has 0 saturated heterocycles. The van der Waals surface area contributed by atoms with Crippen LogP contribution in [0.15, 0.2) is 71.8 Å². The third kappa shape index (κ3) is 3.98. The van der Waals surface area contributed by atoms with Gasteiger partial charge in [-0.1, -0.05) is 30.7 Å². The summed E-state index contributed by atoms with van der Waals surface area (Å²) in [5.41, 5.74) is 3.37. The highest BCUT2D eigenvalue weighted by molar-refractivity contribution is 6.30. The lowest BCUT2D eigenvalue weighted by atomic mass is 10.0. The Balaban J connectivity index is 1.75. The molecule has 2 aromatic carbocycles. The van der Waals surface area contributed by atoms with Crippen molar-refractivity contribution in [3.63, 3.8) is 0 Å². The van der Waals surface area contributed by atoms with Gasteiger partial charge in [-0.15, -0.1) is 0 Å². The molecule has 6 nitrogen and oxygen atoms in total. The number of aryl methyl sites for hydroxylation is 1. The monoisotopic (exact) mass is 458 g/mol. The molecule has 3 heterocycles. The van der Waals surface area contributed by atoms with Crippen molar-refractivity contribution in [1.29, 1.82) is 0 Å². The predicted octanol–water partition coefficient (Wildman–Crippen LogP) is 5.86. The number of hydrogen-bond donors (Lipinski definition) is 0. The van der Waals surface area contributed by atoms with Gasteiger partial charge < -0.3 is 4.74 Å². The summed E-state index contributed by atoms with van der Waals surface area (Å²) in [6.07, 6.45) is 4.86. The lowest BCUT2D eigenvalue weighted by molar-refractivity contribution is 0.328. The summed E-state index contributed by atoms with van der Waals surface area (Å²) in [5.74, 6) is 0.488. The lowest BCUT2D eigenvalue weighted by Crippen LogP contribution is -2.20. The first-order valence-electron chi connectivity index (χ1n) is 11.0. The van der Waals surface area contributed by atoms with Crippen LogP contribution < -0.4 is 10.3 Å². The number of ether oxygens (including phenoxy) is 1. The number of hydrogen-bond acceptors (Lipinski definition) is 4. The van der Waals surface area contributed by atoms with Crippen molar-refractivity contribution in [2.75, 3.05) is 6.61 Å². The van der Waals surface area contributed by atoms with Crippen LogP contribution in [0, 0.1) is 0 Å². The molecular formula is C26H23ClN4O2. The molecule has 0 N–H and O–H groups in total. The summed E-state index contributed by atoms with van der Waals surface area (Å²) < 4.78 is 9.21. The van der Waals surface area contributed by atoms with E-state index in [2.05, 4.69) is 17.0 Å². The van der Waals surface area contributed by atoms with Gasteiger partial charge >= 0.3 is 0 Å². The normalized spacial score (nSPS) is 11.4. The van der Waals surface area contributed by atoms with Gasteiger partial charge in [-0.2, -0.15) is 5.10 Å². The van der Waals surface area contributed by atoms with E-state index in [1.165, 1.54) is 0 Å². The van der Waals surface area contributed by atoms with Crippen molar-refractivity contribution >= 4 is 33.4 Å². The molecule has 0 aliphatic heterocycles. The summed E-state index contributed by atoms with van der Waals surface area (Å²) in [5, 5.41) is 7.04. The van der Waals surface area contributed by atoms with Gasteiger partial charge in [-0.25, -0.2) is 4.98 Å². The van der Waals surface area contributed by atoms with E-state index in [4.69, 9.17) is 16.3 Å². The molecule has 0 bridgehead atoms. The number of aromatic nitrogens is 4. The molecule has 0 unspecified atom stereocenters. The van der Waals surface area contributed by atoms with Crippen LogP contribution in [0.3, 0.4) is 0 Å². The van der Waals surface area contributed by atoms with Gasteiger partial charge in [-0.3, -0.25) is 14.0 Å². The van der Waals surface area contributed by atoms with Crippen LogP contribution in [0.5, 0.6) is 5.88 Å². The average Bonchev–Trinajstić information content (AvgIpc) is 3.22. The van der Waals surface area contributed by atoms with E-state index in [0.29, 0.717) is 28.6 Å². The van der Waals surface area contributed by atoms with Crippen molar-refractivity contribution in [1.82, 2.24) is 19.3 Å². The van der Waals surface area contributed by atoms with Crippen LogP contribution in [-0.2, 0) is 6.54 Å². The number of pyridine rings is 2. The highest BCUT2D eigenvalue weighted by Gasteiger charge is 2.16. The van der Waals surface area contributed by atoms with Crippen molar-refractivity contribution in [2.45, 2.75) is 26.8 Å². The summed E-state index contributed by atoms with van der Waals surface area (Å²) in [7, 11) is 0. The smallest absolute Gasteiger partial charge is 0.265 e. The molecule has 33 heavy (non-hydrogen) atoms. The second-order valence-corrected chi connectivity index (χ2v) is 8.28. The second-order valence-electron chi connectivity index (χ2n) is 7.84. The minimum absolute atomic E-state index is 0.161. The molecule has 0 amide bonds. The Hall–Kier alpha value is -3.64. The standard InChI is InChI=1S/C26H23ClN4O2/c1-3-13-30-15-19-14-21(10-11-22(19)29-30)31-16-18-7-12-23(33-4-2)28-25(18)24(26(31)32)17-5-8-20(27)9-6-17/h5-12,14-16H,3-4,13H2,1-2H3. The molecule has 3 aromatic heterocycles. The van der Waals surface area contributed by atoms with Crippen LogP contribution in [0.25, 0.3) is 38.6 Å². The van der Waals surface area contributed by atoms with Gasteiger partial charge in [0.15, 0.2) is 0 Å². The molecular weight excluding hydrogens is 436 g/mol. The zero-order valence-corrected chi connectivity index (χ0v) is 19.2. The van der Waals surface area contributed by atoms with Crippen molar-refractivity contribution < 1.29 is 4.74 Å². The highest BCUT2D eigenvalue weighted by Crippen LogP contribution is 2.28. The Kier molecular flexibility index (Phi) is 5.60. The fourth-order valence-electron chi connectivity index (χ4n) is 4.03. The topological polar surface area (TPSA) is 61.9 Å². The SMILES string of the molecule is CCCn1cc2cc(-n3cc4ccc(OCC)nc4c(-c4ccc(Cl)cc4)c3=O)ccc2n1. The first-order valence-corrected chi connectivity index (χ1v) is 11.4. The van der Waals surface area contributed by atoms with Crippen LogP contribution in [0.1, 0.15) is 20.3 Å². The molecule has 5 aromatic rings. The fourth-order valence-corrected chi connectivity index (χ4v) is 4.16. The first kappa shape index (κ1) is 21.2. The fraction of sp³-hybridized carbons (Fsp3) is 0.192. The van der Waals surface area contributed by atoms with E-state index in [1.807, 2.05) is 66.5 Å². The predicted molar refractivity (Wildman–Crippen MR) is 133 cm³/mol. The van der Waals surface area contributed by atoms with Gasteiger partial charge in [0.2, 0.25) is 5.88 Å². The third-order valence-corrected chi connectivity index (χ3v) is 5.78. The van der Waals surface area contributed by atoms with E-state index >= 15 is 0 Å². The zero-order chi connectivity index (χ0) is 22.9. The molecule has 166 valence electrons. The Labute approximate surface area is 196 Å². The van der Waals surface area contributed by atoms with Gasteiger partial charge in [0.1, 0.15) is 0 Å². The molecule has 0 aliphatic carbocycles. The van der Waals surface area contributed by atoms with Crippen LogP contribution in [0.4, 0.5) is 0 Å². The van der Waals surface area contributed by atoms with Gasteiger partial charge in [0.25, 0.3) is 5.56 Å². The van der Waals surface area contributed by atoms with Crippen LogP contribution in [-0.4, -0.2) is 25.9 Å². The molecule has 0 radical (unpaired) electrons. The van der Waals surface area contributed by atoms with Crippen molar-refractivity contribution in [3.8, 4) is 22.7 Å². The van der Waals surface area contributed by atoms with Crippen LogP contribution in [0.2, 0.25) is 5.02 Å². The Morgan fingerprint density at radius 3 is 2.55 bits per heavy atom. The summed E-state index contributed by atoms with van der Waals surface area (Å²) >= 11 is 6.10. The average molecular weight is 459 g/mol. The Bertz CT molecular complexity index is 1520. The molecule has 0 spiro atoms. The third-order valence-electron chi connectivity index (χ3n) is 5.53. The van der Waals surface area contributed by atoms with E-state index in [0.717, 1.165) is 40.5 Å². The number of nitrogens with zero attached hydrogens (tertiary/aromatic N) is 4. The molecule has 7 heteroatoms. The molecule has 0 fully saturated rings. The maximum absolute atomic E-state index is 13.8. The molecule has 0 atom stereocenters. The minimum atomic E-state index is -0.161. The second kappa shape index (κ2) is 8.71. The van der Waals surface area contributed by atoms with Crippen molar-refractivity contribution in [3.05, 3.63) is 82.4 Å². The minimum Gasteiger partial charge on any atom is -0.478 e. The number of benzene rings is 2. The summed E-state index contributed by atoms with van der Waals surface area (Å²) in [4.78, 5) is 18.5. The summed E-state index contributed by atoms with van der Waals surface area (Å²) in [6, 6.07) is 16.9. The molecule has 5 rings (SSSR count). The van der Waals surface area contributed by atoms with Gasteiger partial charge in [0, 0.05) is 46.5 Å². The lowest BCUT2D eigenvalue weighted by Gasteiger charge is -2.13. The number of halogens is 1. The zero-order valence-electron chi connectivity index (χ0n) is 18.5. The Morgan fingerprint density at radius 2 is 1.79 bits per heavy atom. The number of rotatable bonds is 6. The highest BCUT2D eigenvalue weighted by atomic mass is 35.5. The van der Waals surface area contributed by atoms with Crippen molar-refractivity contribution in [2.24, 2.45) is 0 Å². The number of fused-ring (bicyclic) bond motifs is 2. The Morgan fingerprint density at radius 1 is 0.970 bits per heavy atom. The summed E-state index contributed by atoms with van der Waals surface area (Å²) in [6.45, 7) is 5.38. The maximum Gasteiger partial charge on any atom is 0.265 e. The van der Waals surface area contributed by atoms with Gasteiger partial charge in [0.05, 0.1) is 23.2 Å². The quantitative estimate of drug-likeness (QED) is 0.319. The van der Waals surface area contributed by atoms with E-state index in [9.17, 15) is 4.79 Å². The maximum atomic E-state index is 13.8. The van der Waals surface area contributed by atoms with Crippen LogP contribution >= 0.6 is 11.6 Å². The van der Waals surface area contributed by atoms with Gasteiger partial charge in [-0.05, 0) is 55.3 Å². The molecule has 0 saturated carbocycles.